The highest BCUT2D eigenvalue weighted by molar-refractivity contribution is 6.09. The fourth-order valence-electron chi connectivity index (χ4n) is 3.72. The van der Waals surface area contributed by atoms with Crippen LogP contribution in [0.25, 0.3) is 22.0 Å². The maximum Gasteiger partial charge on any atom is 0.407 e. The summed E-state index contributed by atoms with van der Waals surface area (Å²) >= 11 is 0. The topological polar surface area (TPSA) is 127 Å². The number of hydrogen-bond acceptors (Lipinski definition) is 5. The van der Waals surface area contributed by atoms with Crippen LogP contribution in [0.4, 0.5) is 4.79 Å². The molecule has 3 aromatic rings. The van der Waals surface area contributed by atoms with Crippen molar-refractivity contribution >= 4 is 22.9 Å². The Morgan fingerprint density at radius 2 is 1.80 bits per heavy atom. The number of nitriles is 1. The number of benzene rings is 2. The molecule has 0 spiro atoms. The molecule has 0 aliphatic rings. The van der Waals surface area contributed by atoms with Gasteiger partial charge in [-0.3, -0.25) is 4.79 Å². The van der Waals surface area contributed by atoms with Crippen molar-refractivity contribution in [2.75, 3.05) is 13.1 Å². The molecule has 4 N–H and O–H groups in total. The molecular weight excluding hydrogens is 444 g/mol. The minimum Gasteiger partial charge on any atom is -0.444 e. The van der Waals surface area contributed by atoms with Gasteiger partial charge in [-0.15, -0.1) is 0 Å². The lowest BCUT2D eigenvalue weighted by molar-refractivity contribution is 0.0508. The Labute approximate surface area is 205 Å². The number of ether oxygens (including phenoxy) is 1. The van der Waals surface area contributed by atoms with Crippen molar-refractivity contribution in [3.8, 4) is 17.2 Å². The molecule has 35 heavy (non-hydrogen) atoms. The highest BCUT2D eigenvalue weighted by Gasteiger charge is 2.22. The first-order valence-corrected chi connectivity index (χ1v) is 11.6. The predicted molar refractivity (Wildman–Crippen MR) is 135 cm³/mol. The Bertz CT molecular complexity index is 1220. The largest absolute Gasteiger partial charge is 0.444 e. The van der Waals surface area contributed by atoms with Crippen LogP contribution in [-0.4, -0.2) is 46.9 Å². The van der Waals surface area contributed by atoms with E-state index in [1.54, 1.807) is 32.9 Å². The van der Waals surface area contributed by atoms with Gasteiger partial charge in [0.1, 0.15) is 11.3 Å². The number of hydrogen-bond donors (Lipinski definition) is 4. The Morgan fingerprint density at radius 1 is 1.11 bits per heavy atom. The number of carbonyl (C=O) groups is 2. The van der Waals surface area contributed by atoms with Gasteiger partial charge in [0.25, 0.3) is 5.91 Å². The lowest BCUT2D eigenvalue weighted by Crippen LogP contribution is -2.37. The summed E-state index contributed by atoms with van der Waals surface area (Å²) in [7, 11) is 0. The predicted octanol–water partition coefficient (Wildman–Crippen LogP) is 4.35. The van der Waals surface area contributed by atoms with Crippen LogP contribution in [0.15, 0.2) is 48.5 Å². The Hall–Kier alpha value is -3.83. The summed E-state index contributed by atoms with van der Waals surface area (Å²) in [6.07, 6.45) is -0.912. The number of aromatic nitrogens is 1. The first-order chi connectivity index (χ1) is 16.6. The van der Waals surface area contributed by atoms with Gasteiger partial charge in [0.15, 0.2) is 0 Å². The van der Waals surface area contributed by atoms with E-state index < -0.39 is 17.8 Å². The number of fused-ring (bicyclic) bond motifs is 1. The van der Waals surface area contributed by atoms with Crippen LogP contribution in [0.3, 0.4) is 0 Å². The molecule has 0 fully saturated rings. The molecule has 3 rings (SSSR count). The van der Waals surface area contributed by atoms with E-state index in [0.717, 1.165) is 22.0 Å². The number of H-pyrrole nitrogens is 1. The summed E-state index contributed by atoms with van der Waals surface area (Å²) in [4.78, 5) is 28.1. The Kier molecular flexibility index (Phi) is 8.15. The molecule has 0 saturated carbocycles. The average Bonchev–Trinajstić information content (AvgIpc) is 3.21. The number of nitrogens with one attached hydrogen (secondary N) is 3. The number of para-hydroxylation sites is 1. The van der Waals surface area contributed by atoms with Crippen LogP contribution >= 0.6 is 0 Å². The molecule has 2 atom stereocenters. The molecule has 1 unspecified atom stereocenters. The zero-order chi connectivity index (χ0) is 25.6. The molecule has 184 valence electrons. The first-order valence-electron chi connectivity index (χ1n) is 11.6. The van der Waals surface area contributed by atoms with Crippen LogP contribution < -0.4 is 10.6 Å². The second-order valence-corrected chi connectivity index (χ2v) is 9.58. The third kappa shape index (κ3) is 6.84. The first kappa shape index (κ1) is 25.8. The highest BCUT2D eigenvalue weighted by atomic mass is 16.6. The minimum absolute atomic E-state index is 0.234. The van der Waals surface area contributed by atoms with Crippen molar-refractivity contribution in [3.05, 3.63) is 59.8 Å². The second-order valence-electron chi connectivity index (χ2n) is 9.58. The monoisotopic (exact) mass is 476 g/mol. The van der Waals surface area contributed by atoms with Crippen molar-refractivity contribution in [2.45, 2.75) is 45.8 Å². The molecule has 1 heterocycles. The number of carbonyl (C=O) groups excluding carboxylic acids is 2. The third-order valence-electron chi connectivity index (χ3n) is 5.59. The van der Waals surface area contributed by atoms with Crippen LogP contribution in [0.5, 0.6) is 0 Å². The molecule has 8 nitrogen and oxygen atoms in total. The standard InChI is InChI=1S/C27H32N4O4/c1-17(22(32)13-14-29-26(34)35-27(2,3)4)16-30-25(33)24-23(19-11-9-18(15-28)10-12-19)20-7-5-6-8-21(20)31-24/h5-12,17,22,31-32H,13-14,16H2,1-4H3,(H,29,34)(H,30,33)/t17-,22?/m0/s1. The molecule has 0 radical (unpaired) electrons. The molecular formula is C27H32N4O4. The van der Waals surface area contributed by atoms with Gasteiger partial charge in [0.05, 0.1) is 17.7 Å². The molecule has 8 heteroatoms. The molecule has 2 aromatic carbocycles. The molecule has 0 aliphatic carbocycles. The lowest BCUT2D eigenvalue weighted by Gasteiger charge is -2.21. The number of aliphatic hydroxyl groups is 1. The average molecular weight is 477 g/mol. The van der Waals surface area contributed by atoms with E-state index >= 15 is 0 Å². The van der Waals surface area contributed by atoms with E-state index in [0.29, 0.717) is 17.7 Å². The van der Waals surface area contributed by atoms with Gasteiger partial charge >= 0.3 is 6.09 Å². The van der Waals surface area contributed by atoms with Gasteiger partial charge in [-0.05, 0) is 56.9 Å². The molecule has 0 saturated heterocycles. The Balaban J connectivity index is 1.64. The van der Waals surface area contributed by atoms with Crippen LogP contribution in [0.2, 0.25) is 0 Å². The normalized spacial score (nSPS) is 13.0. The van der Waals surface area contributed by atoms with Gasteiger partial charge in [-0.1, -0.05) is 37.3 Å². The fourth-order valence-corrected chi connectivity index (χ4v) is 3.72. The summed E-state index contributed by atoms with van der Waals surface area (Å²) in [5.41, 5.74) is 2.80. The number of amides is 2. The Morgan fingerprint density at radius 3 is 2.46 bits per heavy atom. The zero-order valence-electron chi connectivity index (χ0n) is 20.5. The summed E-state index contributed by atoms with van der Waals surface area (Å²) in [6, 6.07) is 16.9. The summed E-state index contributed by atoms with van der Waals surface area (Å²) in [5.74, 6) is -0.520. The van der Waals surface area contributed by atoms with E-state index in [1.165, 1.54) is 0 Å². The van der Waals surface area contributed by atoms with Gasteiger partial charge in [-0.25, -0.2) is 4.79 Å². The molecule has 0 bridgehead atoms. The smallest absolute Gasteiger partial charge is 0.407 e. The second kappa shape index (κ2) is 11.1. The maximum absolute atomic E-state index is 13.1. The van der Waals surface area contributed by atoms with Crippen molar-refractivity contribution < 1.29 is 19.4 Å². The maximum atomic E-state index is 13.1. The van der Waals surface area contributed by atoms with E-state index in [2.05, 4.69) is 21.7 Å². The number of alkyl carbamates (subject to hydrolysis) is 1. The SMILES string of the molecule is C[C@@H](CNC(=O)c1[nH]c2ccccc2c1-c1ccc(C#N)cc1)C(O)CCNC(=O)OC(C)(C)C. The van der Waals surface area contributed by atoms with Crippen LogP contribution in [-0.2, 0) is 4.74 Å². The van der Waals surface area contributed by atoms with Crippen molar-refractivity contribution in [3.63, 3.8) is 0 Å². The summed E-state index contributed by atoms with van der Waals surface area (Å²) in [5, 5.41) is 26.0. The summed E-state index contributed by atoms with van der Waals surface area (Å²) in [6.45, 7) is 7.71. The number of aliphatic hydroxyl groups excluding tert-OH is 1. The van der Waals surface area contributed by atoms with Crippen molar-refractivity contribution in [1.29, 1.82) is 5.26 Å². The molecule has 1 aromatic heterocycles. The van der Waals surface area contributed by atoms with E-state index in [4.69, 9.17) is 10.00 Å². The van der Waals surface area contributed by atoms with Gasteiger partial charge in [-0.2, -0.15) is 5.26 Å². The highest BCUT2D eigenvalue weighted by Crippen LogP contribution is 2.32. The summed E-state index contributed by atoms with van der Waals surface area (Å²) < 4.78 is 5.19. The third-order valence-corrected chi connectivity index (χ3v) is 5.59. The van der Waals surface area contributed by atoms with Crippen LogP contribution in [0.1, 0.15) is 50.2 Å². The number of rotatable bonds is 8. The van der Waals surface area contributed by atoms with Gasteiger partial charge in [0.2, 0.25) is 0 Å². The molecule has 2 amide bonds. The van der Waals surface area contributed by atoms with Gasteiger partial charge in [0, 0.05) is 29.6 Å². The van der Waals surface area contributed by atoms with Gasteiger partial charge < -0.3 is 25.5 Å². The van der Waals surface area contributed by atoms with E-state index in [-0.39, 0.29) is 24.9 Å². The number of aromatic amines is 1. The fraction of sp³-hybridized carbons (Fsp3) is 0.370. The number of nitrogens with zero attached hydrogens (tertiary/aromatic N) is 1. The zero-order valence-corrected chi connectivity index (χ0v) is 20.5. The minimum atomic E-state index is -0.717. The molecule has 0 aliphatic heterocycles. The van der Waals surface area contributed by atoms with E-state index in [9.17, 15) is 14.7 Å². The lowest BCUT2D eigenvalue weighted by atomic mass is 9.99. The van der Waals surface area contributed by atoms with E-state index in [1.807, 2.05) is 43.3 Å². The quantitative estimate of drug-likeness (QED) is 0.384. The van der Waals surface area contributed by atoms with Crippen LogP contribution in [0, 0.1) is 17.2 Å². The van der Waals surface area contributed by atoms with Crippen molar-refractivity contribution in [1.82, 2.24) is 15.6 Å². The van der Waals surface area contributed by atoms with Crippen molar-refractivity contribution in [2.24, 2.45) is 5.92 Å².